The smallest absolute Gasteiger partial charge is 0.290 e. The van der Waals surface area contributed by atoms with Crippen LogP contribution < -0.4 is 0 Å². The third-order valence-corrected chi connectivity index (χ3v) is 7.26. The fourth-order valence-corrected chi connectivity index (χ4v) is 5.40. The quantitative estimate of drug-likeness (QED) is 0.105. The van der Waals surface area contributed by atoms with E-state index in [9.17, 15) is 20.0 Å². The first kappa shape index (κ1) is 29.0. The lowest BCUT2D eigenvalue weighted by molar-refractivity contribution is -0.384. The van der Waals surface area contributed by atoms with Gasteiger partial charge in [-0.2, -0.15) is 0 Å². The lowest BCUT2D eigenvalue weighted by atomic mass is 9.82. The van der Waals surface area contributed by atoms with Gasteiger partial charge >= 0.3 is 0 Å². The molecule has 210 valence electrons. The van der Waals surface area contributed by atoms with Crippen LogP contribution in [-0.2, 0) is 11.3 Å². The van der Waals surface area contributed by atoms with Gasteiger partial charge in [-0.25, -0.2) is 0 Å². The zero-order valence-corrected chi connectivity index (χ0v) is 22.8. The van der Waals surface area contributed by atoms with Crippen LogP contribution in [-0.4, -0.2) is 32.0 Å². The van der Waals surface area contributed by atoms with Gasteiger partial charge in [0.05, 0.1) is 10.5 Å². The number of nitro groups is 1. The zero-order valence-electron chi connectivity index (χ0n) is 22.8. The van der Waals surface area contributed by atoms with Crippen LogP contribution in [0.1, 0.15) is 60.5 Å². The maximum absolute atomic E-state index is 14.4. The number of hydrogen-bond donors (Lipinski definition) is 2. The minimum Gasteiger partial charge on any atom is -0.512 e. The lowest BCUT2D eigenvalue weighted by Gasteiger charge is -2.21. The number of aliphatic hydroxyl groups is 1. The molecule has 0 spiro atoms. The van der Waals surface area contributed by atoms with Crippen molar-refractivity contribution in [1.82, 2.24) is 4.57 Å². The molecule has 1 aliphatic carbocycles. The van der Waals surface area contributed by atoms with Crippen molar-refractivity contribution in [3.05, 3.63) is 129 Å². The molecule has 1 heterocycles. The van der Waals surface area contributed by atoms with Crippen LogP contribution in [0.5, 0.6) is 0 Å². The van der Waals surface area contributed by atoms with E-state index in [1.54, 1.807) is 12.1 Å². The number of Topliss-reactive ketones (excluding diaryl/α,β-unsaturated/α-hetero) is 1. The molecule has 0 radical (unpaired) electrons. The first-order valence-corrected chi connectivity index (χ1v) is 13.5. The fraction of sp³-hybridized carbons (Fsp3) is 0.212. The highest BCUT2D eigenvalue weighted by Gasteiger charge is 2.29. The highest BCUT2D eigenvalue weighted by atomic mass is 16.6. The predicted octanol–water partition coefficient (Wildman–Crippen LogP) is 7.73. The van der Waals surface area contributed by atoms with Crippen molar-refractivity contribution in [2.24, 2.45) is 0 Å². The number of fused-ring (bicyclic) bond motifs is 1. The van der Waals surface area contributed by atoms with Gasteiger partial charge in [-0.1, -0.05) is 73.2 Å². The molecule has 0 saturated carbocycles. The van der Waals surface area contributed by atoms with E-state index in [4.69, 9.17) is 9.90 Å². The molecular formula is C33H32N2O6. The first-order chi connectivity index (χ1) is 19.9. The number of ketones is 1. The van der Waals surface area contributed by atoms with Gasteiger partial charge in [0.1, 0.15) is 5.76 Å². The number of carbonyl (C=O) groups excluding carboxylic acids is 1. The van der Waals surface area contributed by atoms with Crippen molar-refractivity contribution in [2.75, 3.05) is 0 Å². The second-order valence-electron chi connectivity index (χ2n) is 9.78. The van der Waals surface area contributed by atoms with Gasteiger partial charge in [0.25, 0.3) is 12.2 Å². The zero-order chi connectivity index (χ0) is 29.4. The van der Waals surface area contributed by atoms with Crippen molar-refractivity contribution in [2.45, 2.75) is 45.6 Å². The topological polar surface area (TPSA) is 123 Å². The predicted molar refractivity (Wildman–Crippen MR) is 159 cm³/mol. The summed E-state index contributed by atoms with van der Waals surface area (Å²) >= 11 is 0. The summed E-state index contributed by atoms with van der Waals surface area (Å²) in [5, 5.41) is 30.6. The van der Waals surface area contributed by atoms with Crippen molar-refractivity contribution in [1.29, 1.82) is 0 Å². The molecule has 1 aromatic heterocycles. The van der Waals surface area contributed by atoms with E-state index in [2.05, 4.69) is 16.7 Å². The number of benzene rings is 3. The minimum absolute atomic E-state index is 0.0433. The van der Waals surface area contributed by atoms with Gasteiger partial charge in [-0.15, -0.1) is 0 Å². The molecule has 5 rings (SSSR count). The third-order valence-electron chi connectivity index (χ3n) is 7.26. The molecule has 4 aromatic rings. The molecule has 0 atom stereocenters. The Labute approximate surface area is 238 Å². The number of nitrogens with zero attached hydrogens (tertiary/aromatic N) is 2. The number of allylic oxidation sites excluding steroid dienone is 4. The van der Waals surface area contributed by atoms with E-state index in [-0.39, 0.29) is 29.3 Å². The summed E-state index contributed by atoms with van der Waals surface area (Å²) in [6.07, 6.45) is 5.36. The molecule has 1 aliphatic rings. The highest BCUT2D eigenvalue weighted by Crippen LogP contribution is 2.39. The molecule has 41 heavy (non-hydrogen) atoms. The lowest BCUT2D eigenvalue weighted by Crippen LogP contribution is -2.13. The Bertz CT molecular complexity index is 1630. The summed E-state index contributed by atoms with van der Waals surface area (Å²) in [5.74, 6) is -0.220. The molecule has 0 amide bonds. The van der Waals surface area contributed by atoms with Crippen LogP contribution in [0, 0.1) is 10.1 Å². The molecule has 0 unspecified atom stereocenters. The molecule has 0 aliphatic heterocycles. The number of non-ortho nitro benzene ring substituents is 1. The average molecular weight is 553 g/mol. The maximum Gasteiger partial charge on any atom is 0.290 e. The molecule has 8 nitrogen and oxygen atoms in total. The van der Waals surface area contributed by atoms with E-state index in [1.165, 1.54) is 12.1 Å². The molecule has 0 fully saturated rings. The second-order valence-corrected chi connectivity index (χ2v) is 9.78. The van der Waals surface area contributed by atoms with Crippen LogP contribution >= 0.6 is 0 Å². The van der Waals surface area contributed by atoms with E-state index in [1.807, 2.05) is 55.6 Å². The average Bonchev–Trinajstić information content (AvgIpc) is 3.34. The Balaban J connectivity index is 0.00000124. The second kappa shape index (κ2) is 13.4. The van der Waals surface area contributed by atoms with Crippen LogP contribution in [0.2, 0.25) is 0 Å². The first-order valence-electron chi connectivity index (χ1n) is 13.5. The third kappa shape index (κ3) is 6.44. The van der Waals surface area contributed by atoms with Crippen LogP contribution in [0.4, 0.5) is 5.69 Å². The molecule has 8 heteroatoms. The van der Waals surface area contributed by atoms with E-state index >= 15 is 0 Å². The van der Waals surface area contributed by atoms with Crippen molar-refractivity contribution >= 4 is 34.4 Å². The van der Waals surface area contributed by atoms with Gasteiger partial charge in [0, 0.05) is 47.8 Å². The molecule has 2 N–H and O–H groups in total. The maximum atomic E-state index is 14.4. The summed E-state index contributed by atoms with van der Waals surface area (Å²) < 4.78 is 2.07. The van der Waals surface area contributed by atoms with Gasteiger partial charge in [-0.05, 0) is 48.4 Å². The summed E-state index contributed by atoms with van der Waals surface area (Å²) in [6, 6.07) is 24.2. The summed E-state index contributed by atoms with van der Waals surface area (Å²) in [7, 11) is 0. The normalized spacial score (nSPS) is 13.7. The van der Waals surface area contributed by atoms with Crippen LogP contribution in [0.15, 0.2) is 102 Å². The Morgan fingerprint density at radius 2 is 1.68 bits per heavy atom. The number of aliphatic hydroxyl groups excluding tert-OH is 1. The molecule has 0 bridgehead atoms. The van der Waals surface area contributed by atoms with Crippen molar-refractivity contribution < 1.29 is 24.7 Å². The Hall–Kier alpha value is -4.98. The number of aromatic nitrogens is 1. The van der Waals surface area contributed by atoms with Crippen molar-refractivity contribution in [3.63, 3.8) is 0 Å². The van der Waals surface area contributed by atoms with E-state index in [0.29, 0.717) is 36.1 Å². The molecule has 3 aromatic carbocycles. The van der Waals surface area contributed by atoms with E-state index in [0.717, 1.165) is 41.3 Å². The summed E-state index contributed by atoms with van der Waals surface area (Å²) in [6.45, 7) is 2.38. The minimum atomic E-state index is -0.430. The largest absolute Gasteiger partial charge is 0.512 e. The van der Waals surface area contributed by atoms with Gasteiger partial charge in [0.2, 0.25) is 0 Å². The number of nitro benzene ring substituents is 1. The number of carbonyl (C=O) groups is 2. The highest BCUT2D eigenvalue weighted by molar-refractivity contribution is 6.24. The monoisotopic (exact) mass is 552 g/mol. The molecular weight excluding hydrogens is 520 g/mol. The van der Waals surface area contributed by atoms with Gasteiger partial charge in [-0.3, -0.25) is 19.7 Å². The van der Waals surface area contributed by atoms with Crippen LogP contribution in [0.3, 0.4) is 0 Å². The standard InChI is InChI=1S/C32H30N2O4.CH2O2/c1-2-23-13-6-9-18-29(35)31(30(23)24-14-10-15-25(19-24)34(37)38)32(36)27-21-33(20-22-11-4-3-5-12-22)28-17-8-7-16-26(27)28;2-1-3/h3-5,7-8,10-12,14-17,19,21,35H,2,6,9,13,18,20H2,1H3;1H,(H,2,3). The number of rotatable bonds is 7. The Kier molecular flexibility index (Phi) is 9.47. The Morgan fingerprint density at radius 3 is 2.39 bits per heavy atom. The SMILES string of the molecule is CCC1=C(c2cccc([N+](=O)[O-])c2)C(C(=O)c2cn(Cc3ccccc3)c3ccccc23)=C(O)CCCC1.O=CO. The summed E-state index contributed by atoms with van der Waals surface area (Å²) in [4.78, 5) is 33.9. The number of carboxylic acid groups (broad SMARTS) is 1. The van der Waals surface area contributed by atoms with Gasteiger partial charge < -0.3 is 14.8 Å². The molecule has 0 saturated heterocycles. The fourth-order valence-electron chi connectivity index (χ4n) is 5.40. The van der Waals surface area contributed by atoms with Crippen LogP contribution in [0.25, 0.3) is 16.5 Å². The number of hydrogen-bond acceptors (Lipinski definition) is 5. The number of para-hydroxylation sites is 1. The van der Waals surface area contributed by atoms with E-state index < -0.39 is 4.92 Å². The summed E-state index contributed by atoms with van der Waals surface area (Å²) in [5.41, 5.74) is 5.00. The van der Waals surface area contributed by atoms with Crippen molar-refractivity contribution in [3.8, 4) is 0 Å². The Morgan fingerprint density at radius 1 is 1.00 bits per heavy atom. The van der Waals surface area contributed by atoms with Gasteiger partial charge in [0.15, 0.2) is 5.78 Å².